The summed E-state index contributed by atoms with van der Waals surface area (Å²) in [5.74, 6) is 0.838. The Labute approximate surface area is 258 Å². The van der Waals surface area contributed by atoms with Crippen molar-refractivity contribution in [3.8, 4) is 23.0 Å². The van der Waals surface area contributed by atoms with Crippen molar-refractivity contribution in [1.29, 1.82) is 0 Å². The van der Waals surface area contributed by atoms with E-state index in [1.807, 2.05) is 37.9 Å². The second kappa shape index (κ2) is 12.7. The maximum Gasteiger partial charge on any atom is 0.284 e. The molecule has 5 aromatic rings. The van der Waals surface area contributed by atoms with E-state index >= 15 is 0 Å². The Morgan fingerprint density at radius 2 is 1.96 bits per heavy atom. The van der Waals surface area contributed by atoms with Gasteiger partial charge in [0.05, 0.1) is 30.6 Å². The molecule has 12 nitrogen and oxygen atoms in total. The van der Waals surface area contributed by atoms with Gasteiger partial charge in [-0.05, 0) is 70.1 Å². The molecule has 1 unspecified atom stereocenters. The number of pyridine rings is 1. The second-order valence-corrected chi connectivity index (χ2v) is 10.7. The minimum Gasteiger partial charge on any atom is -0.494 e. The lowest BCUT2D eigenvalue weighted by Gasteiger charge is -2.18. The number of methoxy groups -OCH3 is 1. The lowest BCUT2D eigenvalue weighted by molar-refractivity contribution is -0.114. The van der Waals surface area contributed by atoms with Crippen LogP contribution in [0, 0.1) is 6.92 Å². The summed E-state index contributed by atoms with van der Waals surface area (Å²) in [4.78, 5) is 27.9. The number of fused-ring (bicyclic) bond motifs is 2. The van der Waals surface area contributed by atoms with Gasteiger partial charge in [0.25, 0.3) is 5.91 Å². The first kappa shape index (κ1) is 29.8. The summed E-state index contributed by atoms with van der Waals surface area (Å²) in [6.07, 6.45) is 7.81. The summed E-state index contributed by atoms with van der Waals surface area (Å²) in [5.41, 5.74) is 2.99. The normalized spacial score (nSPS) is 15.4. The largest absolute Gasteiger partial charge is 0.494 e. The van der Waals surface area contributed by atoms with Crippen molar-refractivity contribution in [2.45, 2.75) is 32.7 Å². The number of aromatic nitrogens is 5. The van der Waals surface area contributed by atoms with Crippen molar-refractivity contribution in [3.05, 3.63) is 72.7 Å². The third kappa shape index (κ3) is 6.34. The molecule has 0 saturated carbocycles. The highest BCUT2D eigenvalue weighted by Gasteiger charge is 2.22. The van der Waals surface area contributed by atoms with Crippen molar-refractivity contribution in [3.63, 3.8) is 0 Å². The van der Waals surface area contributed by atoms with Crippen molar-refractivity contribution >= 4 is 39.6 Å². The van der Waals surface area contributed by atoms with Crippen LogP contribution in [0.5, 0.6) is 23.0 Å². The average molecular weight is 613 g/mol. The summed E-state index contributed by atoms with van der Waals surface area (Å²) in [6, 6.07) is 10.5. The number of anilines is 3. The van der Waals surface area contributed by atoms with Gasteiger partial charge in [0, 0.05) is 35.8 Å². The molecule has 2 N–H and O–H groups in total. The number of nitrogens with one attached hydrogen (secondary N) is 2. The van der Waals surface area contributed by atoms with E-state index in [0.717, 1.165) is 24.9 Å². The molecule has 45 heavy (non-hydrogen) atoms. The number of halogens is 1. The van der Waals surface area contributed by atoms with Crippen molar-refractivity contribution < 1.29 is 23.4 Å². The number of likely N-dealkylation sites (N-methyl/N-ethyl adjacent to an activating group) is 1. The van der Waals surface area contributed by atoms with Crippen LogP contribution in [-0.2, 0) is 4.79 Å². The van der Waals surface area contributed by atoms with Gasteiger partial charge < -0.3 is 24.8 Å². The number of likely N-dealkylation sites (tertiary alicyclic amines) is 1. The zero-order chi connectivity index (χ0) is 31.5. The highest BCUT2D eigenvalue weighted by atomic mass is 19.1. The number of amides is 1. The molecule has 3 aromatic heterocycles. The molecule has 0 aliphatic carbocycles. The molecular formula is C32H33FN8O4. The van der Waals surface area contributed by atoms with Gasteiger partial charge in [0.1, 0.15) is 41.5 Å². The molecule has 1 saturated heterocycles. The zero-order valence-corrected chi connectivity index (χ0v) is 25.4. The molecule has 1 amide bonds. The summed E-state index contributed by atoms with van der Waals surface area (Å²) in [7, 11) is 3.39. The fraction of sp³-hybridized carbons (Fsp3) is 0.281. The van der Waals surface area contributed by atoms with E-state index < -0.39 is 11.7 Å². The molecule has 13 heteroatoms. The predicted octanol–water partition coefficient (Wildman–Crippen LogP) is 5.81. The molecule has 232 valence electrons. The summed E-state index contributed by atoms with van der Waals surface area (Å²) in [5, 5.41) is 10.7. The standard InChI is InChI=1S/C32H33FN8O4/c1-5-44-29-16-27(45-21-8-10-41-30(13-21)35-18-37-41)19(2)11-25(29)38-31-22-14-26(28(43-4)15-24(22)34-17-36-31)39-32(42)23(33)12-20-7-6-9-40(20)3/h8,10-18,20H,5-7,9H2,1-4H3,(H,39,42)(H,34,36,38). The number of hydrogen-bond acceptors (Lipinski definition) is 10. The zero-order valence-electron chi connectivity index (χ0n) is 25.4. The fourth-order valence-corrected chi connectivity index (χ4v) is 5.29. The third-order valence-electron chi connectivity index (χ3n) is 7.65. The van der Waals surface area contributed by atoms with Gasteiger partial charge in [-0.15, -0.1) is 0 Å². The van der Waals surface area contributed by atoms with Crippen LogP contribution in [0.15, 0.2) is 67.2 Å². The third-order valence-corrected chi connectivity index (χ3v) is 7.65. The van der Waals surface area contributed by atoms with Crippen LogP contribution in [0.2, 0.25) is 0 Å². The number of rotatable bonds is 10. The summed E-state index contributed by atoms with van der Waals surface area (Å²) >= 11 is 0. The van der Waals surface area contributed by atoms with Crippen LogP contribution in [-0.4, -0.2) is 68.7 Å². The molecule has 4 heterocycles. The van der Waals surface area contributed by atoms with Crippen molar-refractivity contribution in [2.24, 2.45) is 0 Å². The van der Waals surface area contributed by atoms with Crippen LogP contribution in [0.25, 0.3) is 16.6 Å². The van der Waals surface area contributed by atoms with Gasteiger partial charge in [-0.25, -0.2) is 23.9 Å². The van der Waals surface area contributed by atoms with Gasteiger partial charge in [0.2, 0.25) is 0 Å². The van der Waals surface area contributed by atoms with Crippen LogP contribution in [0.3, 0.4) is 0 Å². The van der Waals surface area contributed by atoms with E-state index in [-0.39, 0.29) is 11.7 Å². The van der Waals surface area contributed by atoms with Crippen molar-refractivity contribution in [2.75, 3.05) is 37.9 Å². The molecule has 1 aliphatic rings. The fourth-order valence-electron chi connectivity index (χ4n) is 5.29. The number of ether oxygens (including phenoxy) is 3. The Morgan fingerprint density at radius 3 is 2.73 bits per heavy atom. The highest BCUT2D eigenvalue weighted by molar-refractivity contribution is 6.05. The Balaban J connectivity index is 1.30. The van der Waals surface area contributed by atoms with E-state index in [1.165, 1.54) is 25.8 Å². The maximum absolute atomic E-state index is 14.9. The SMILES string of the molecule is CCOc1cc(Oc2ccn3ncnc3c2)c(C)cc1Nc1ncnc2cc(OC)c(NC(=O)C(F)=CC3CCCN3C)cc12. The molecule has 1 aliphatic heterocycles. The molecule has 0 bridgehead atoms. The van der Waals surface area contributed by atoms with Gasteiger partial charge in [0.15, 0.2) is 11.5 Å². The van der Waals surface area contributed by atoms with Gasteiger partial charge >= 0.3 is 0 Å². The smallest absolute Gasteiger partial charge is 0.284 e. The Bertz CT molecular complexity index is 1910. The van der Waals surface area contributed by atoms with Crippen molar-refractivity contribution in [1.82, 2.24) is 29.5 Å². The van der Waals surface area contributed by atoms with Crippen LogP contribution in [0.4, 0.5) is 21.6 Å². The quantitative estimate of drug-likeness (QED) is 0.187. The number of carbonyl (C=O) groups excluding carboxylic acids is 1. The van der Waals surface area contributed by atoms with E-state index in [4.69, 9.17) is 14.2 Å². The summed E-state index contributed by atoms with van der Waals surface area (Å²) < 4.78 is 34.2. The monoisotopic (exact) mass is 612 g/mol. The van der Waals surface area contributed by atoms with E-state index in [1.54, 1.807) is 35.0 Å². The second-order valence-electron chi connectivity index (χ2n) is 10.7. The first-order valence-corrected chi connectivity index (χ1v) is 14.6. The van der Waals surface area contributed by atoms with E-state index in [0.29, 0.717) is 57.7 Å². The number of nitrogens with zero attached hydrogens (tertiary/aromatic N) is 6. The minimum atomic E-state index is -0.854. The lowest BCUT2D eigenvalue weighted by Crippen LogP contribution is -2.24. The Hall–Kier alpha value is -5.30. The van der Waals surface area contributed by atoms with Gasteiger partial charge in [-0.2, -0.15) is 5.10 Å². The maximum atomic E-state index is 14.9. The number of carbonyl (C=O) groups is 1. The van der Waals surface area contributed by atoms with E-state index in [2.05, 4.69) is 30.7 Å². The molecule has 0 spiro atoms. The minimum absolute atomic E-state index is 0.115. The highest BCUT2D eigenvalue weighted by Crippen LogP contribution is 2.39. The Morgan fingerprint density at radius 1 is 1.09 bits per heavy atom. The summed E-state index contributed by atoms with van der Waals surface area (Å²) in [6.45, 7) is 5.10. The molecule has 2 aromatic carbocycles. The van der Waals surface area contributed by atoms with Gasteiger partial charge in [-0.3, -0.25) is 9.69 Å². The van der Waals surface area contributed by atoms with Crippen LogP contribution >= 0.6 is 0 Å². The molecule has 0 radical (unpaired) electrons. The number of hydrogen-bond donors (Lipinski definition) is 2. The first-order chi connectivity index (χ1) is 21.8. The number of benzene rings is 2. The molecule has 1 fully saturated rings. The van der Waals surface area contributed by atoms with Crippen LogP contribution < -0.4 is 24.8 Å². The molecule has 6 rings (SSSR count). The van der Waals surface area contributed by atoms with Gasteiger partial charge in [-0.1, -0.05) is 0 Å². The average Bonchev–Trinajstić information content (AvgIpc) is 3.67. The molecule has 1 atom stereocenters. The van der Waals surface area contributed by atoms with E-state index in [9.17, 15) is 9.18 Å². The first-order valence-electron chi connectivity index (χ1n) is 14.6. The Kier molecular flexibility index (Phi) is 8.43. The number of aryl methyl sites for hydroxylation is 1. The molecular weight excluding hydrogens is 579 g/mol. The predicted molar refractivity (Wildman–Crippen MR) is 168 cm³/mol. The van der Waals surface area contributed by atoms with Crippen LogP contribution in [0.1, 0.15) is 25.3 Å². The lowest BCUT2D eigenvalue weighted by atomic mass is 10.1. The topological polar surface area (TPSA) is 128 Å².